The molecule has 0 aromatic heterocycles. The normalized spacial score (nSPS) is 10.7. The van der Waals surface area contributed by atoms with E-state index in [1.807, 2.05) is 26.2 Å². The van der Waals surface area contributed by atoms with Gasteiger partial charge in [-0.1, -0.05) is 17.7 Å². The van der Waals surface area contributed by atoms with Crippen LogP contribution in [0.5, 0.6) is 5.75 Å². The van der Waals surface area contributed by atoms with Crippen molar-refractivity contribution < 1.29 is 4.74 Å². The minimum Gasteiger partial charge on any atom is -0.492 e. The molecule has 1 rings (SSSR count). The molecule has 3 nitrogen and oxygen atoms in total. The Labute approximate surface area is 95.8 Å². The molecule has 0 saturated heterocycles. The monoisotopic (exact) mass is 228 g/mol. The fraction of sp³-hybridized carbons (Fsp3) is 0.455. The van der Waals surface area contributed by atoms with Crippen LogP contribution in [0.15, 0.2) is 18.2 Å². The smallest absolute Gasteiger partial charge is 0.125 e. The number of halogens is 1. The zero-order chi connectivity index (χ0) is 11.3. The summed E-state index contributed by atoms with van der Waals surface area (Å²) in [5.41, 5.74) is 6.58. The van der Waals surface area contributed by atoms with Crippen molar-refractivity contribution in [1.82, 2.24) is 4.90 Å². The average Bonchev–Trinajstić information content (AvgIpc) is 2.17. The highest BCUT2D eigenvalue weighted by molar-refractivity contribution is 6.30. The molecule has 0 radical (unpaired) electrons. The van der Waals surface area contributed by atoms with E-state index < -0.39 is 0 Å². The Bertz CT molecular complexity index is 315. The Kier molecular flexibility index (Phi) is 4.88. The second kappa shape index (κ2) is 5.95. The van der Waals surface area contributed by atoms with Crippen LogP contribution >= 0.6 is 11.6 Å². The maximum Gasteiger partial charge on any atom is 0.125 e. The Morgan fingerprint density at radius 1 is 1.40 bits per heavy atom. The third-order valence-corrected chi connectivity index (χ3v) is 2.28. The van der Waals surface area contributed by atoms with E-state index >= 15 is 0 Å². The maximum absolute atomic E-state index is 5.88. The van der Waals surface area contributed by atoms with Gasteiger partial charge in [0.1, 0.15) is 12.4 Å². The van der Waals surface area contributed by atoms with Crippen LogP contribution in [0.1, 0.15) is 5.56 Å². The molecule has 0 fully saturated rings. The quantitative estimate of drug-likeness (QED) is 0.835. The fourth-order valence-electron chi connectivity index (χ4n) is 1.17. The van der Waals surface area contributed by atoms with Gasteiger partial charge in [0.15, 0.2) is 0 Å². The minimum absolute atomic E-state index is 0.467. The lowest BCUT2D eigenvalue weighted by atomic mass is 10.2. The van der Waals surface area contributed by atoms with Crippen molar-refractivity contribution >= 4 is 11.6 Å². The first-order chi connectivity index (χ1) is 7.13. The van der Waals surface area contributed by atoms with E-state index in [4.69, 9.17) is 22.1 Å². The molecule has 0 aliphatic carbocycles. The molecule has 0 aliphatic heterocycles. The van der Waals surface area contributed by atoms with Crippen LogP contribution in [0.25, 0.3) is 0 Å². The SMILES string of the molecule is CN(C)CCOc1cc(Cl)ccc1CN. The van der Waals surface area contributed by atoms with Gasteiger partial charge in [-0.05, 0) is 26.2 Å². The predicted molar refractivity (Wildman–Crippen MR) is 63.4 cm³/mol. The van der Waals surface area contributed by atoms with Crippen molar-refractivity contribution in [1.29, 1.82) is 0 Å². The van der Waals surface area contributed by atoms with Gasteiger partial charge in [0.2, 0.25) is 0 Å². The lowest BCUT2D eigenvalue weighted by Gasteiger charge is -2.13. The van der Waals surface area contributed by atoms with Crippen LogP contribution in [0.3, 0.4) is 0 Å². The number of rotatable bonds is 5. The van der Waals surface area contributed by atoms with E-state index in [2.05, 4.69) is 4.90 Å². The van der Waals surface area contributed by atoms with Crippen LogP contribution in [0.2, 0.25) is 5.02 Å². The third kappa shape index (κ3) is 4.08. The minimum atomic E-state index is 0.467. The van der Waals surface area contributed by atoms with E-state index in [9.17, 15) is 0 Å². The van der Waals surface area contributed by atoms with Crippen molar-refractivity contribution in [3.8, 4) is 5.75 Å². The van der Waals surface area contributed by atoms with Gasteiger partial charge in [-0.3, -0.25) is 0 Å². The average molecular weight is 229 g/mol. The lowest BCUT2D eigenvalue weighted by Crippen LogP contribution is -2.19. The van der Waals surface area contributed by atoms with Crippen molar-refractivity contribution in [2.45, 2.75) is 6.54 Å². The molecule has 0 heterocycles. The van der Waals surface area contributed by atoms with Gasteiger partial charge in [0.25, 0.3) is 0 Å². The summed E-state index contributed by atoms with van der Waals surface area (Å²) in [6, 6.07) is 5.52. The topological polar surface area (TPSA) is 38.5 Å². The van der Waals surface area contributed by atoms with Crippen molar-refractivity contribution in [2.24, 2.45) is 5.73 Å². The van der Waals surface area contributed by atoms with Gasteiger partial charge < -0.3 is 15.4 Å². The molecule has 0 spiro atoms. The second-order valence-electron chi connectivity index (χ2n) is 3.61. The van der Waals surface area contributed by atoms with Gasteiger partial charge >= 0.3 is 0 Å². The summed E-state index contributed by atoms with van der Waals surface area (Å²) in [5, 5.41) is 0.673. The van der Waals surface area contributed by atoms with Gasteiger partial charge in [0, 0.05) is 23.7 Å². The number of hydrogen-bond donors (Lipinski definition) is 1. The van der Waals surface area contributed by atoms with Gasteiger partial charge in [-0.15, -0.1) is 0 Å². The van der Waals surface area contributed by atoms with Gasteiger partial charge in [0.05, 0.1) is 0 Å². The Morgan fingerprint density at radius 2 is 2.13 bits per heavy atom. The largest absolute Gasteiger partial charge is 0.492 e. The molecule has 15 heavy (non-hydrogen) atoms. The standard InChI is InChI=1S/C11H17ClN2O/c1-14(2)5-6-15-11-7-10(12)4-3-9(11)8-13/h3-4,7H,5-6,8,13H2,1-2H3. The molecule has 0 aliphatic rings. The highest BCUT2D eigenvalue weighted by Crippen LogP contribution is 2.22. The summed E-state index contributed by atoms with van der Waals surface area (Å²) in [6.07, 6.45) is 0. The number of likely N-dealkylation sites (N-methyl/N-ethyl adjacent to an activating group) is 1. The summed E-state index contributed by atoms with van der Waals surface area (Å²) in [4.78, 5) is 2.06. The zero-order valence-electron chi connectivity index (χ0n) is 9.16. The molecule has 84 valence electrons. The first kappa shape index (κ1) is 12.3. The van der Waals surface area contributed by atoms with Crippen LogP contribution < -0.4 is 10.5 Å². The molecule has 1 aromatic carbocycles. The summed E-state index contributed by atoms with van der Waals surface area (Å²) in [7, 11) is 4.01. The Hall–Kier alpha value is -0.770. The highest BCUT2D eigenvalue weighted by atomic mass is 35.5. The number of nitrogens with two attached hydrogens (primary N) is 1. The maximum atomic E-state index is 5.88. The van der Waals surface area contributed by atoms with E-state index in [1.54, 1.807) is 6.07 Å². The highest BCUT2D eigenvalue weighted by Gasteiger charge is 2.03. The van der Waals surface area contributed by atoms with Crippen LogP contribution in [-0.4, -0.2) is 32.1 Å². The molecule has 1 aromatic rings. The van der Waals surface area contributed by atoms with E-state index in [0.717, 1.165) is 17.9 Å². The zero-order valence-corrected chi connectivity index (χ0v) is 9.92. The molecule has 2 N–H and O–H groups in total. The van der Waals surface area contributed by atoms with E-state index in [1.165, 1.54) is 0 Å². The molecular weight excluding hydrogens is 212 g/mol. The molecular formula is C11H17ClN2O. The first-order valence-electron chi connectivity index (χ1n) is 4.89. The summed E-state index contributed by atoms with van der Waals surface area (Å²) in [6.45, 7) is 1.98. The predicted octanol–water partition coefficient (Wildman–Crippen LogP) is 1.74. The number of benzene rings is 1. The van der Waals surface area contributed by atoms with E-state index in [-0.39, 0.29) is 0 Å². The molecule has 0 atom stereocenters. The number of ether oxygens (including phenoxy) is 1. The lowest BCUT2D eigenvalue weighted by molar-refractivity contribution is 0.259. The van der Waals surface area contributed by atoms with Gasteiger partial charge in [-0.2, -0.15) is 0 Å². The van der Waals surface area contributed by atoms with Crippen molar-refractivity contribution in [2.75, 3.05) is 27.2 Å². The van der Waals surface area contributed by atoms with Crippen LogP contribution in [-0.2, 0) is 6.54 Å². The molecule has 0 bridgehead atoms. The summed E-state index contributed by atoms with van der Waals surface area (Å²) < 4.78 is 5.61. The number of hydrogen-bond acceptors (Lipinski definition) is 3. The summed E-state index contributed by atoms with van der Waals surface area (Å²) in [5.74, 6) is 0.784. The molecule has 4 heteroatoms. The molecule has 0 amide bonds. The molecule has 0 saturated carbocycles. The van der Waals surface area contributed by atoms with Crippen molar-refractivity contribution in [3.63, 3.8) is 0 Å². The second-order valence-corrected chi connectivity index (χ2v) is 4.04. The van der Waals surface area contributed by atoms with E-state index in [0.29, 0.717) is 18.2 Å². The van der Waals surface area contributed by atoms with Crippen molar-refractivity contribution in [3.05, 3.63) is 28.8 Å². The first-order valence-corrected chi connectivity index (χ1v) is 5.27. The Morgan fingerprint density at radius 3 is 2.73 bits per heavy atom. The van der Waals surface area contributed by atoms with Gasteiger partial charge in [-0.25, -0.2) is 0 Å². The van der Waals surface area contributed by atoms with Crippen LogP contribution in [0.4, 0.5) is 0 Å². The Balaban J connectivity index is 2.62. The number of nitrogens with zero attached hydrogens (tertiary/aromatic N) is 1. The summed E-state index contributed by atoms with van der Waals surface area (Å²) >= 11 is 5.88. The third-order valence-electron chi connectivity index (χ3n) is 2.05. The fourth-order valence-corrected chi connectivity index (χ4v) is 1.33. The molecule has 0 unspecified atom stereocenters. The van der Waals surface area contributed by atoms with Crippen LogP contribution in [0, 0.1) is 0 Å².